The molecule has 0 saturated carbocycles. The Labute approximate surface area is 171 Å². The molecule has 0 fully saturated rings. The lowest BCUT2D eigenvalue weighted by molar-refractivity contribution is 0.584. The minimum absolute atomic E-state index is 0.00441. The van der Waals surface area contributed by atoms with Crippen molar-refractivity contribution in [3.05, 3.63) is 92.1 Å². The van der Waals surface area contributed by atoms with E-state index in [1.807, 2.05) is 0 Å². The Morgan fingerprint density at radius 1 is 0.885 bits per heavy atom. The minimum Gasteiger partial charge on any atom is -0.0873 e. The van der Waals surface area contributed by atoms with Crippen LogP contribution < -0.4 is 0 Å². The third-order valence-corrected chi connectivity index (χ3v) is 6.41. The van der Waals surface area contributed by atoms with Crippen molar-refractivity contribution in [2.75, 3.05) is 0 Å². The van der Waals surface area contributed by atoms with E-state index in [2.05, 4.69) is 118 Å². The molecule has 1 aliphatic carbocycles. The summed E-state index contributed by atoms with van der Waals surface area (Å²) in [6.45, 7) is 11.0. The molecular weight excluding hydrogens is 427 g/mol. The van der Waals surface area contributed by atoms with Crippen LogP contribution in [0.25, 0.3) is 11.1 Å². The van der Waals surface area contributed by atoms with Crippen molar-refractivity contribution in [2.45, 2.75) is 46.5 Å². The number of benzene rings is 2. The van der Waals surface area contributed by atoms with Crippen LogP contribution in [0.2, 0.25) is 0 Å². The number of rotatable bonds is 4. The SMILES string of the molecule is C\C=C/C(I)=C(\C=C/C)CC1(C)c2cc(C)ccc2-c2ccc(C)cc21. The third kappa shape index (κ3) is 3.34. The molecule has 0 spiro atoms. The zero-order valence-corrected chi connectivity index (χ0v) is 18.5. The molecule has 134 valence electrons. The number of hydrogen-bond acceptors (Lipinski definition) is 0. The first kappa shape index (κ1) is 19.2. The van der Waals surface area contributed by atoms with Crippen molar-refractivity contribution < 1.29 is 0 Å². The van der Waals surface area contributed by atoms with Gasteiger partial charge in [0.25, 0.3) is 0 Å². The molecule has 0 atom stereocenters. The summed E-state index contributed by atoms with van der Waals surface area (Å²) in [5, 5.41) is 0. The Balaban J connectivity index is 2.24. The molecule has 0 nitrogen and oxygen atoms in total. The molecule has 26 heavy (non-hydrogen) atoms. The van der Waals surface area contributed by atoms with E-state index >= 15 is 0 Å². The Kier molecular flexibility index (Phi) is 5.57. The van der Waals surface area contributed by atoms with Crippen molar-refractivity contribution >= 4 is 22.6 Å². The summed E-state index contributed by atoms with van der Waals surface area (Å²) in [5.41, 5.74) is 9.78. The first-order valence-electron chi connectivity index (χ1n) is 9.27. The van der Waals surface area contributed by atoms with Crippen LogP contribution in [0.4, 0.5) is 0 Å². The fourth-order valence-electron chi connectivity index (χ4n) is 4.09. The summed E-state index contributed by atoms with van der Waals surface area (Å²) in [4.78, 5) is 0. The topological polar surface area (TPSA) is 0 Å². The third-order valence-electron chi connectivity index (χ3n) is 5.36. The van der Waals surface area contributed by atoms with Gasteiger partial charge in [-0.05, 0) is 84.5 Å². The highest BCUT2D eigenvalue weighted by atomic mass is 127. The molecule has 0 heterocycles. The molecule has 3 rings (SSSR count). The lowest BCUT2D eigenvalue weighted by Crippen LogP contribution is -2.22. The second-order valence-electron chi connectivity index (χ2n) is 7.48. The number of allylic oxidation sites excluding steroid dienone is 6. The van der Waals surface area contributed by atoms with Gasteiger partial charge in [-0.25, -0.2) is 0 Å². The van der Waals surface area contributed by atoms with E-state index in [4.69, 9.17) is 0 Å². The van der Waals surface area contributed by atoms with E-state index < -0.39 is 0 Å². The maximum absolute atomic E-state index is 2.47. The molecule has 0 radical (unpaired) electrons. The Morgan fingerprint density at radius 3 is 1.85 bits per heavy atom. The van der Waals surface area contributed by atoms with Crippen LogP contribution in [-0.4, -0.2) is 0 Å². The first-order chi connectivity index (χ1) is 12.4. The summed E-state index contributed by atoms with van der Waals surface area (Å²) < 4.78 is 1.32. The highest BCUT2D eigenvalue weighted by Gasteiger charge is 2.39. The number of fused-ring (bicyclic) bond motifs is 3. The van der Waals surface area contributed by atoms with Crippen molar-refractivity contribution in [1.82, 2.24) is 0 Å². The highest BCUT2D eigenvalue weighted by molar-refractivity contribution is 14.1. The quantitative estimate of drug-likeness (QED) is 0.326. The van der Waals surface area contributed by atoms with Gasteiger partial charge < -0.3 is 0 Å². The van der Waals surface area contributed by atoms with Gasteiger partial charge in [-0.1, -0.05) is 78.8 Å². The predicted octanol–water partition coefficient (Wildman–Crippen LogP) is 7.82. The summed E-state index contributed by atoms with van der Waals surface area (Å²) in [6.07, 6.45) is 9.77. The standard InChI is InChI=1S/C25H27I/c1-6-8-19(24(26)9-7-2)16-25(5)22-14-17(3)10-12-20(22)21-13-11-18(4)15-23(21)25/h6-15H,16H2,1-5H3/b8-6-,9-7-,24-19-. The van der Waals surface area contributed by atoms with E-state index in [-0.39, 0.29) is 5.41 Å². The fraction of sp³-hybridized carbons (Fsp3) is 0.280. The second kappa shape index (κ2) is 7.56. The van der Waals surface area contributed by atoms with Crippen molar-refractivity contribution in [3.63, 3.8) is 0 Å². The van der Waals surface area contributed by atoms with Crippen molar-refractivity contribution in [3.8, 4) is 11.1 Å². The van der Waals surface area contributed by atoms with Crippen molar-refractivity contribution in [2.24, 2.45) is 0 Å². The molecule has 2 aromatic carbocycles. The average Bonchev–Trinajstić information content (AvgIpc) is 2.83. The number of hydrogen-bond donors (Lipinski definition) is 0. The van der Waals surface area contributed by atoms with E-state index in [0.29, 0.717) is 0 Å². The largest absolute Gasteiger partial charge is 0.0873 e. The monoisotopic (exact) mass is 454 g/mol. The van der Waals surface area contributed by atoms with Crippen LogP contribution in [0.1, 0.15) is 49.4 Å². The summed E-state index contributed by atoms with van der Waals surface area (Å²) >= 11 is 2.47. The molecule has 0 N–H and O–H groups in total. The molecule has 0 bridgehead atoms. The summed E-state index contributed by atoms with van der Waals surface area (Å²) in [6, 6.07) is 13.9. The van der Waals surface area contributed by atoms with Crippen LogP contribution in [0.3, 0.4) is 0 Å². The maximum atomic E-state index is 2.47. The molecule has 1 aliphatic rings. The van der Waals surface area contributed by atoms with Gasteiger partial charge in [0, 0.05) is 8.99 Å². The summed E-state index contributed by atoms with van der Waals surface area (Å²) in [5.74, 6) is 0. The van der Waals surface area contributed by atoms with Gasteiger partial charge in [0.05, 0.1) is 0 Å². The molecule has 0 saturated heterocycles. The van der Waals surface area contributed by atoms with Gasteiger partial charge in [0.2, 0.25) is 0 Å². The van der Waals surface area contributed by atoms with Gasteiger partial charge in [-0.2, -0.15) is 0 Å². The van der Waals surface area contributed by atoms with Crippen LogP contribution in [-0.2, 0) is 5.41 Å². The zero-order valence-electron chi connectivity index (χ0n) is 16.4. The lowest BCUT2D eigenvalue weighted by atomic mass is 9.74. The highest BCUT2D eigenvalue weighted by Crippen LogP contribution is 2.52. The van der Waals surface area contributed by atoms with Crippen LogP contribution in [0.5, 0.6) is 0 Å². The Morgan fingerprint density at radius 2 is 1.38 bits per heavy atom. The van der Waals surface area contributed by atoms with Gasteiger partial charge in [0.1, 0.15) is 0 Å². The van der Waals surface area contributed by atoms with Gasteiger partial charge in [0.15, 0.2) is 0 Å². The predicted molar refractivity (Wildman–Crippen MR) is 123 cm³/mol. The first-order valence-corrected chi connectivity index (χ1v) is 10.3. The van der Waals surface area contributed by atoms with Crippen LogP contribution >= 0.6 is 22.6 Å². The van der Waals surface area contributed by atoms with E-state index in [1.165, 1.54) is 42.5 Å². The van der Waals surface area contributed by atoms with E-state index in [9.17, 15) is 0 Å². The average molecular weight is 454 g/mol. The van der Waals surface area contributed by atoms with E-state index in [0.717, 1.165) is 6.42 Å². The maximum Gasteiger partial charge on any atom is 0.0227 e. The minimum atomic E-state index is -0.00441. The molecule has 0 aromatic heterocycles. The van der Waals surface area contributed by atoms with Gasteiger partial charge in [-0.3, -0.25) is 0 Å². The zero-order chi connectivity index (χ0) is 18.9. The number of halogens is 1. The number of aryl methyl sites for hydroxylation is 2. The van der Waals surface area contributed by atoms with Gasteiger partial charge >= 0.3 is 0 Å². The molecule has 1 heteroatoms. The smallest absolute Gasteiger partial charge is 0.0227 e. The van der Waals surface area contributed by atoms with Gasteiger partial charge in [-0.15, -0.1) is 0 Å². The lowest BCUT2D eigenvalue weighted by Gasteiger charge is -2.29. The normalized spacial score (nSPS) is 16.1. The molecule has 0 unspecified atom stereocenters. The van der Waals surface area contributed by atoms with Crippen LogP contribution in [0.15, 0.2) is 69.9 Å². The molecule has 0 aliphatic heterocycles. The van der Waals surface area contributed by atoms with Crippen molar-refractivity contribution in [1.29, 1.82) is 0 Å². The van der Waals surface area contributed by atoms with E-state index in [1.54, 1.807) is 0 Å². The Bertz CT molecular complexity index is 874. The van der Waals surface area contributed by atoms with Crippen LogP contribution in [0, 0.1) is 13.8 Å². The fourth-order valence-corrected chi connectivity index (χ4v) is 4.82. The Hall–Kier alpha value is -1.61. The molecule has 2 aromatic rings. The molecular formula is C25H27I. The summed E-state index contributed by atoms with van der Waals surface area (Å²) in [7, 11) is 0. The second-order valence-corrected chi connectivity index (χ2v) is 8.64. The molecule has 0 amide bonds.